The molecule has 3 rings (SSSR count). The number of aromatic nitrogens is 1. The second-order valence-electron chi connectivity index (χ2n) is 5.72. The van der Waals surface area contributed by atoms with Gasteiger partial charge >= 0.3 is 5.97 Å². The summed E-state index contributed by atoms with van der Waals surface area (Å²) in [5, 5.41) is 50.6. The molecule has 8 nitrogen and oxygen atoms in total. The van der Waals surface area contributed by atoms with Crippen molar-refractivity contribution >= 4 is 16.9 Å². The van der Waals surface area contributed by atoms with E-state index in [0.29, 0.717) is 10.9 Å². The molecule has 0 amide bonds. The molecule has 1 aliphatic heterocycles. The van der Waals surface area contributed by atoms with Crippen LogP contribution in [0, 0.1) is 0 Å². The zero-order valence-corrected chi connectivity index (χ0v) is 12.0. The third-order valence-electron chi connectivity index (χ3n) is 4.31. The first-order valence-corrected chi connectivity index (χ1v) is 7.03. The molecule has 1 aromatic heterocycles. The number of carboxylic acids is 1. The Hall–Kier alpha value is -1.97. The maximum atomic E-state index is 11.6. The SMILES string of the molecule is O=C(O)[C@](O)(Cc1c[nH]c2ccccc12)[C@@]1(O)OC[C@H](O)[C@H]1O. The summed E-state index contributed by atoms with van der Waals surface area (Å²) < 4.78 is 4.87. The van der Waals surface area contributed by atoms with Crippen LogP contribution in [0.2, 0.25) is 0 Å². The van der Waals surface area contributed by atoms with Crippen molar-refractivity contribution < 1.29 is 35.1 Å². The van der Waals surface area contributed by atoms with Gasteiger partial charge in [0.15, 0.2) is 0 Å². The minimum Gasteiger partial charge on any atom is -0.479 e. The molecule has 1 aromatic carbocycles. The Bertz CT molecular complexity index is 744. The van der Waals surface area contributed by atoms with Crippen molar-refractivity contribution in [2.45, 2.75) is 30.0 Å². The zero-order chi connectivity index (χ0) is 16.8. The van der Waals surface area contributed by atoms with E-state index >= 15 is 0 Å². The largest absolute Gasteiger partial charge is 0.479 e. The van der Waals surface area contributed by atoms with E-state index in [4.69, 9.17) is 4.74 Å². The smallest absolute Gasteiger partial charge is 0.341 e. The van der Waals surface area contributed by atoms with Gasteiger partial charge in [-0.25, -0.2) is 4.79 Å². The number of carboxylic acid groups (broad SMARTS) is 1. The summed E-state index contributed by atoms with van der Waals surface area (Å²) in [6.45, 7) is -0.485. The Morgan fingerprint density at radius 2 is 2.09 bits per heavy atom. The fourth-order valence-electron chi connectivity index (χ4n) is 2.92. The van der Waals surface area contributed by atoms with Gasteiger partial charge in [0.25, 0.3) is 0 Å². The van der Waals surface area contributed by atoms with Gasteiger partial charge in [-0.1, -0.05) is 18.2 Å². The van der Waals surface area contributed by atoms with Crippen LogP contribution in [-0.2, 0) is 16.0 Å². The van der Waals surface area contributed by atoms with E-state index < -0.39 is 42.6 Å². The Morgan fingerprint density at radius 1 is 1.39 bits per heavy atom. The highest BCUT2D eigenvalue weighted by atomic mass is 16.7. The number of hydrogen-bond acceptors (Lipinski definition) is 6. The van der Waals surface area contributed by atoms with Crippen LogP contribution in [0.5, 0.6) is 0 Å². The number of ether oxygens (including phenoxy) is 1. The molecule has 6 N–H and O–H groups in total. The molecule has 0 bridgehead atoms. The molecular weight excluding hydrogens is 306 g/mol. The normalized spacial score (nSPS) is 30.4. The average molecular weight is 323 g/mol. The highest BCUT2D eigenvalue weighted by molar-refractivity contribution is 5.85. The van der Waals surface area contributed by atoms with Crippen LogP contribution in [-0.4, -0.2) is 66.7 Å². The molecule has 2 heterocycles. The number of para-hydroxylation sites is 1. The molecule has 2 aromatic rings. The molecule has 0 aliphatic carbocycles. The Morgan fingerprint density at radius 3 is 2.70 bits per heavy atom. The quantitative estimate of drug-likeness (QED) is 0.422. The molecule has 0 unspecified atom stereocenters. The van der Waals surface area contributed by atoms with E-state index in [1.807, 2.05) is 0 Å². The molecule has 0 spiro atoms. The number of aromatic amines is 1. The fraction of sp³-hybridized carbons (Fsp3) is 0.400. The van der Waals surface area contributed by atoms with Crippen LogP contribution in [0.4, 0.5) is 0 Å². The average Bonchev–Trinajstić information content (AvgIpc) is 3.05. The molecular formula is C15H17NO7. The standard InChI is InChI=1S/C15H17NO7/c17-11-7-23-15(22,12(11)18)14(21,13(19)20)5-8-6-16-10-4-2-1-3-9(8)10/h1-4,6,11-12,16-18,21-22H,5,7H2,(H,19,20)/t11-,12+,14+,15-/m0/s1. The molecule has 1 aliphatic rings. The number of aliphatic hydroxyl groups excluding tert-OH is 2. The monoisotopic (exact) mass is 323 g/mol. The number of hydrogen-bond donors (Lipinski definition) is 6. The summed E-state index contributed by atoms with van der Waals surface area (Å²) in [7, 11) is 0. The topological polar surface area (TPSA) is 143 Å². The number of aliphatic carboxylic acids is 1. The lowest BCUT2D eigenvalue weighted by molar-refractivity contribution is -0.302. The minimum absolute atomic E-state index is 0.427. The van der Waals surface area contributed by atoms with Crippen molar-refractivity contribution in [3.63, 3.8) is 0 Å². The van der Waals surface area contributed by atoms with E-state index in [9.17, 15) is 30.3 Å². The van der Waals surface area contributed by atoms with Crippen LogP contribution < -0.4 is 0 Å². The first-order chi connectivity index (χ1) is 10.8. The number of benzene rings is 1. The van der Waals surface area contributed by atoms with Crippen molar-refractivity contribution in [2.24, 2.45) is 0 Å². The Labute approximate surface area is 130 Å². The van der Waals surface area contributed by atoms with Gasteiger partial charge < -0.3 is 35.3 Å². The summed E-state index contributed by atoms with van der Waals surface area (Å²) in [4.78, 5) is 14.6. The molecule has 1 fully saturated rings. The van der Waals surface area contributed by atoms with E-state index in [0.717, 1.165) is 5.52 Å². The third-order valence-corrected chi connectivity index (χ3v) is 4.31. The van der Waals surface area contributed by atoms with E-state index in [1.165, 1.54) is 6.20 Å². The third kappa shape index (κ3) is 2.23. The summed E-state index contributed by atoms with van der Waals surface area (Å²) >= 11 is 0. The van der Waals surface area contributed by atoms with Crippen molar-refractivity contribution in [1.82, 2.24) is 4.98 Å². The van der Waals surface area contributed by atoms with Crippen LogP contribution in [0.15, 0.2) is 30.5 Å². The van der Waals surface area contributed by atoms with Crippen LogP contribution in [0.1, 0.15) is 5.56 Å². The highest BCUT2D eigenvalue weighted by Gasteiger charge is 2.65. The predicted octanol–water partition coefficient (Wildman–Crippen LogP) is -1.03. The molecule has 1 saturated heterocycles. The first kappa shape index (κ1) is 15.9. The number of H-pyrrole nitrogens is 1. The van der Waals surface area contributed by atoms with Crippen molar-refractivity contribution in [2.75, 3.05) is 6.61 Å². The van der Waals surface area contributed by atoms with E-state index in [2.05, 4.69) is 4.98 Å². The highest BCUT2D eigenvalue weighted by Crippen LogP contribution is 2.38. The second-order valence-corrected chi connectivity index (χ2v) is 5.72. The van der Waals surface area contributed by atoms with Gasteiger partial charge in [-0.05, 0) is 11.6 Å². The molecule has 124 valence electrons. The zero-order valence-electron chi connectivity index (χ0n) is 12.0. The molecule has 4 atom stereocenters. The number of aliphatic hydroxyl groups is 4. The van der Waals surface area contributed by atoms with Crippen LogP contribution in [0.3, 0.4) is 0 Å². The summed E-state index contributed by atoms with van der Waals surface area (Å²) in [5.74, 6) is -4.59. The molecule has 0 radical (unpaired) electrons. The predicted molar refractivity (Wildman–Crippen MR) is 77.5 cm³/mol. The number of nitrogens with one attached hydrogen (secondary N) is 1. The number of fused-ring (bicyclic) bond motifs is 1. The van der Waals surface area contributed by atoms with E-state index in [-0.39, 0.29) is 0 Å². The van der Waals surface area contributed by atoms with Gasteiger partial charge in [-0.3, -0.25) is 0 Å². The molecule has 8 heteroatoms. The maximum Gasteiger partial charge on any atom is 0.341 e. The fourth-order valence-corrected chi connectivity index (χ4v) is 2.92. The van der Waals surface area contributed by atoms with Crippen LogP contribution >= 0.6 is 0 Å². The van der Waals surface area contributed by atoms with Crippen molar-refractivity contribution in [1.29, 1.82) is 0 Å². The Kier molecular flexibility index (Phi) is 3.66. The van der Waals surface area contributed by atoms with Crippen molar-refractivity contribution in [3.05, 3.63) is 36.0 Å². The van der Waals surface area contributed by atoms with Gasteiger partial charge in [0.1, 0.15) is 12.2 Å². The van der Waals surface area contributed by atoms with Gasteiger partial charge in [0.05, 0.1) is 6.61 Å². The molecule has 0 saturated carbocycles. The lowest BCUT2D eigenvalue weighted by Gasteiger charge is -2.38. The summed E-state index contributed by atoms with van der Waals surface area (Å²) in [6.07, 6.45) is -2.45. The summed E-state index contributed by atoms with van der Waals surface area (Å²) in [6, 6.07) is 7.05. The van der Waals surface area contributed by atoms with Gasteiger partial charge in [-0.2, -0.15) is 0 Å². The second kappa shape index (κ2) is 5.29. The lowest BCUT2D eigenvalue weighted by atomic mass is 9.82. The number of carbonyl (C=O) groups is 1. The first-order valence-electron chi connectivity index (χ1n) is 7.03. The van der Waals surface area contributed by atoms with E-state index in [1.54, 1.807) is 24.3 Å². The van der Waals surface area contributed by atoms with Gasteiger partial charge in [0.2, 0.25) is 11.4 Å². The van der Waals surface area contributed by atoms with Crippen molar-refractivity contribution in [3.8, 4) is 0 Å². The molecule has 23 heavy (non-hydrogen) atoms. The van der Waals surface area contributed by atoms with Gasteiger partial charge in [-0.15, -0.1) is 0 Å². The lowest BCUT2D eigenvalue weighted by Crippen LogP contribution is -2.66. The Balaban J connectivity index is 2.04. The maximum absolute atomic E-state index is 11.6. The number of rotatable bonds is 4. The van der Waals surface area contributed by atoms with Crippen LogP contribution in [0.25, 0.3) is 10.9 Å². The van der Waals surface area contributed by atoms with Gasteiger partial charge in [0, 0.05) is 23.5 Å². The minimum atomic E-state index is -2.84. The summed E-state index contributed by atoms with van der Waals surface area (Å²) in [5.41, 5.74) is -1.68.